The molecule has 8 nitrogen and oxygen atoms in total. The van der Waals surface area contributed by atoms with Crippen molar-refractivity contribution < 1.29 is 4.39 Å². The van der Waals surface area contributed by atoms with E-state index in [2.05, 4.69) is 20.3 Å². The molecule has 1 aromatic carbocycles. The molecular formula is C20H16FN7O. The van der Waals surface area contributed by atoms with Gasteiger partial charge in [-0.2, -0.15) is 5.10 Å². The zero-order valence-electron chi connectivity index (χ0n) is 16.0. The van der Waals surface area contributed by atoms with Crippen LogP contribution in [0.25, 0.3) is 27.7 Å². The van der Waals surface area contributed by atoms with Crippen LogP contribution in [-0.2, 0) is 0 Å². The van der Waals surface area contributed by atoms with Crippen molar-refractivity contribution in [1.82, 2.24) is 34.1 Å². The van der Waals surface area contributed by atoms with Gasteiger partial charge in [0.25, 0.3) is 5.56 Å². The SMILES string of the molecule is Cc1nn2c(ncc3c(=O)n(-n4c(C)nnc4C)ccc32)c1-c1ccc(F)cc1. The van der Waals surface area contributed by atoms with Gasteiger partial charge in [-0.1, -0.05) is 12.1 Å². The first-order valence-corrected chi connectivity index (χ1v) is 9.00. The summed E-state index contributed by atoms with van der Waals surface area (Å²) in [6, 6.07) is 8.01. The fraction of sp³-hybridized carbons (Fsp3) is 0.150. The number of nitrogens with zero attached hydrogens (tertiary/aromatic N) is 7. The van der Waals surface area contributed by atoms with Gasteiger partial charge in [-0.05, 0) is 44.5 Å². The molecule has 0 saturated carbocycles. The third-order valence-electron chi connectivity index (χ3n) is 4.97. The fourth-order valence-corrected chi connectivity index (χ4v) is 3.65. The van der Waals surface area contributed by atoms with Gasteiger partial charge in [-0.25, -0.2) is 23.2 Å². The molecule has 0 aliphatic carbocycles. The van der Waals surface area contributed by atoms with Crippen molar-refractivity contribution in [3.05, 3.63) is 76.2 Å². The lowest BCUT2D eigenvalue weighted by atomic mass is 10.1. The highest BCUT2D eigenvalue weighted by Crippen LogP contribution is 2.28. The van der Waals surface area contributed by atoms with E-state index in [4.69, 9.17) is 0 Å². The van der Waals surface area contributed by atoms with Crippen LogP contribution in [0.3, 0.4) is 0 Å². The standard InChI is InChI=1S/C20H16FN7O/c1-11-18(14-4-6-15(21)7-5-14)19-22-10-16-17(27(19)25-11)8-9-26(20(16)29)28-12(2)23-24-13(28)3/h4-10H,1-3H3. The van der Waals surface area contributed by atoms with Crippen molar-refractivity contribution in [1.29, 1.82) is 0 Å². The first-order chi connectivity index (χ1) is 14.0. The molecule has 0 fully saturated rings. The van der Waals surface area contributed by atoms with Crippen molar-refractivity contribution in [2.45, 2.75) is 20.8 Å². The molecule has 5 rings (SSSR count). The minimum atomic E-state index is -0.304. The lowest BCUT2D eigenvalue weighted by molar-refractivity contribution is 0.594. The molecule has 4 aromatic heterocycles. The summed E-state index contributed by atoms with van der Waals surface area (Å²) in [5, 5.41) is 13.0. The van der Waals surface area contributed by atoms with Gasteiger partial charge in [0.1, 0.15) is 17.5 Å². The Morgan fingerprint density at radius 3 is 2.34 bits per heavy atom. The monoisotopic (exact) mass is 389 g/mol. The second-order valence-electron chi connectivity index (χ2n) is 6.83. The number of hydrogen-bond acceptors (Lipinski definition) is 5. The second kappa shape index (κ2) is 6.06. The Hall–Kier alpha value is -3.88. The molecule has 0 bridgehead atoms. The summed E-state index contributed by atoms with van der Waals surface area (Å²) < 4.78 is 18.1. The maximum absolute atomic E-state index is 13.3. The highest BCUT2D eigenvalue weighted by Gasteiger charge is 2.17. The summed E-state index contributed by atoms with van der Waals surface area (Å²) >= 11 is 0. The Bertz CT molecular complexity index is 1440. The zero-order chi connectivity index (χ0) is 20.3. The molecule has 5 aromatic rings. The van der Waals surface area contributed by atoms with Crippen LogP contribution in [0.4, 0.5) is 4.39 Å². The number of benzene rings is 1. The first-order valence-electron chi connectivity index (χ1n) is 9.00. The van der Waals surface area contributed by atoms with Crippen LogP contribution in [0.5, 0.6) is 0 Å². The van der Waals surface area contributed by atoms with Crippen molar-refractivity contribution >= 4 is 16.6 Å². The molecule has 9 heteroatoms. The van der Waals surface area contributed by atoms with Crippen LogP contribution in [0, 0.1) is 26.6 Å². The summed E-state index contributed by atoms with van der Waals surface area (Å²) in [7, 11) is 0. The average Bonchev–Trinajstić information content (AvgIpc) is 3.22. The molecule has 144 valence electrons. The van der Waals surface area contributed by atoms with Crippen LogP contribution >= 0.6 is 0 Å². The maximum atomic E-state index is 13.3. The van der Waals surface area contributed by atoms with E-state index < -0.39 is 0 Å². The van der Waals surface area contributed by atoms with Gasteiger partial charge in [0.15, 0.2) is 5.65 Å². The molecule has 0 amide bonds. The van der Waals surface area contributed by atoms with E-state index in [1.807, 2.05) is 13.0 Å². The molecule has 0 aliphatic rings. The van der Waals surface area contributed by atoms with E-state index >= 15 is 0 Å². The van der Waals surface area contributed by atoms with Crippen molar-refractivity contribution in [3.8, 4) is 11.1 Å². The van der Waals surface area contributed by atoms with E-state index in [-0.39, 0.29) is 11.4 Å². The van der Waals surface area contributed by atoms with Gasteiger partial charge in [0.05, 0.1) is 16.6 Å². The topological polar surface area (TPSA) is 82.9 Å². The molecule has 0 spiro atoms. The summed E-state index contributed by atoms with van der Waals surface area (Å²) in [6.45, 7) is 5.43. The maximum Gasteiger partial charge on any atom is 0.280 e. The lowest BCUT2D eigenvalue weighted by Gasteiger charge is -2.11. The molecule has 0 atom stereocenters. The Balaban J connectivity index is 1.79. The van der Waals surface area contributed by atoms with E-state index in [1.165, 1.54) is 16.8 Å². The molecular weight excluding hydrogens is 373 g/mol. The molecule has 0 radical (unpaired) electrons. The summed E-state index contributed by atoms with van der Waals surface area (Å²) in [6.07, 6.45) is 3.22. The molecule has 0 saturated heterocycles. The smallest absolute Gasteiger partial charge is 0.267 e. The van der Waals surface area contributed by atoms with Gasteiger partial charge >= 0.3 is 0 Å². The fourth-order valence-electron chi connectivity index (χ4n) is 3.65. The zero-order valence-corrected chi connectivity index (χ0v) is 16.0. The second-order valence-corrected chi connectivity index (χ2v) is 6.83. The number of fused-ring (bicyclic) bond motifs is 3. The molecule has 4 heterocycles. The van der Waals surface area contributed by atoms with Gasteiger partial charge in [0, 0.05) is 18.0 Å². The van der Waals surface area contributed by atoms with E-state index in [9.17, 15) is 9.18 Å². The largest absolute Gasteiger partial charge is 0.280 e. The van der Waals surface area contributed by atoms with E-state index in [0.29, 0.717) is 28.2 Å². The lowest BCUT2D eigenvalue weighted by Crippen LogP contribution is -2.27. The normalized spacial score (nSPS) is 11.6. The average molecular weight is 389 g/mol. The summed E-state index contributed by atoms with van der Waals surface area (Å²) in [4.78, 5) is 17.6. The van der Waals surface area contributed by atoms with Crippen LogP contribution in [0.15, 0.2) is 47.5 Å². The number of aryl methyl sites for hydroxylation is 3. The van der Waals surface area contributed by atoms with Crippen molar-refractivity contribution in [3.63, 3.8) is 0 Å². The van der Waals surface area contributed by atoms with Gasteiger partial charge < -0.3 is 0 Å². The van der Waals surface area contributed by atoms with Gasteiger partial charge in [-0.15, -0.1) is 10.2 Å². The number of pyridine rings is 1. The number of halogens is 1. The van der Waals surface area contributed by atoms with Crippen molar-refractivity contribution in [2.75, 3.05) is 0 Å². The predicted octanol–water partition coefficient (Wildman–Crippen LogP) is 2.68. The minimum absolute atomic E-state index is 0.251. The summed E-state index contributed by atoms with van der Waals surface area (Å²) in [5.74, 6) is 0.902. The molecule has 29 heavy (non-hydrogen) atoms. The van der Waals surface area contributed by atoms with Crippen LogP contribution in [0.2, 0.25) is 0 Å². The highest BCUT2D eigenvalue weighted by atomic mass is 19.1. The number of rotatable bonds is 2. The third kappa shape index (κ3) is 2.47. The summed E-state index contributed by atoms with van der Waals surface area (Å²) in [5.41, 5.74) is 3.36. The van der Waals surface area contributed by atoms with Crippen LogP contribution in [-0.4, -0.2) is 34.1 Å². The highest BCUT2D eigenvalue weighted by molar-refractivity contribution is 5.86. The number of hydrogen-bond donors (Lipinski definition) is 0. The van der Waals surface area contributed by atoms with Crippen LogP contribution < -0.4 is 5.56 Å². The Morgan fingerprint density at radius 1 is 0.966 bits per heavy atom. The van der Waals surface area contributed by atoms with Crippen molar-refractivity contribution in [2.24, 2.45) is 0 Å². The quantitative estimate of drug-likeness (QED) is 0.464. The minimum Gasteiger partial charge on any atom is -0.267 e. The molecule has 0 unspecified atom stereocenters. The third-order valence-corrected chi connectivity index (χ3v) is 4.97. The van der Waals surface area contributed by atoms with Gasteiger partial charge in [0.2, 0.25) is 0 Å². The molecule has 0 aliphatic heterocycles. The Kier molecular flexibility index (Phi) is 3.60. The number of aromatic nitrogens is 7. The first kappa shape index (κ1) is 17.2. The van der Waals surface area contributed by atoms with Crippen LogP contribution in [0.1, 0.15) is 17.3 Å². The van der Waals surface area contributed by atoms with Gasteiger partial charge in [-0.3, -0.25) is 4.79 Å². The predicted molar refractivity (Wildman–Crippen MR) is 105 cm³/mol. The van der Waals surface area contributed by atoms with E-state index in [0.717, 1.165) is 16.8 Å². The van der Waals surface area contributed by atoms with E-state index in [1.54, 1.807) is 47.6 Å². The molecule has 0 N–H and O–H groups in total. The Morgan fingerprint density at radius 2 is 1.66 bits per heavy atom. The Labute approximate surface area is 163 Å².